The molecule has 1 aromatic carbocycles. The lowest BCUT2D eigenvalue weighted by atomic mass is 10.1. The van der Waals surface area contributed by atoms with Crippen molar-refractivity contribution in [3.63, 3.8) is 0 Å². The van der Waals surface area contributed by atoms with Crippen LogP contribution in [0, 0.1) is 0 Å². The molecular weight excluding hydrogens is 318 g/mol. The van der Waals surface area contributed by atoms with Crippen molar-refractivity contribution in [2.24, 2.45) is 0 Å². The standard InChI is InChI=1S/C9H5BrF6O/c1-17-7-3-5(9(14,15)16)4(2-6(7)10)8(11,12)13/h2-3H,1H3. The monoisotopic (exact) mass is 322 g/mol. The Hall–Kier alpha value is -0.920. The SMILES string of the molecule is COc1cc(C(F)(F)F)c(C(F)(F)F)cc1Br. The molecule has 0 spiro atoms. The van der Waals surface area contributed by atoms with Gasteiger partial charge in [0.05, 0.1) is 22.7 Å². The van der Waals surface area contributed by atoms with E-state index >= 15 is 0 Å². The van der Waals surface area contributed by atoms with E-state index in [1.54, 1.807) is 0 Å². The quantitative estimate of drug-likeness (QED) is 0.692. The molecule has 0 amide bonds. The first-order chi connectivity index (χ1) is 7.57. The molecule has 0 aromatic heterocycles. The van der Waals surface area contributed by atoms with Crippen LogP contribution in [0.5, 0.6) is 5.75 Å². The number of ether oxygens (including phenoxy) is 1. The number of benzene rings is 1. The van der Waals surface area contributed by atoms with E-state index in [1.165, 1.54) is 0 Å². The first kappa shape index (κ1) is 14.1. The third-order valence-electron chi connectivity index (χ3n) is 1.90. The summed E-state index contributed by atoms with van der Waals surface area (Å²) in [5.41, 5.74) is -3.53. The van der Waals surface area contributed by atoms with Crippen molar-refractivity contribution in [1.29, 1.82) is 0 Å². The molecule has 0 aliphatic rings. The van der Waals surface area contributed by atoms with E-state index in [-0.39, 0.29) is 10.2 Å². The number of hydrogen-bond acceptors (Lipinski definition) is 1. The third kappa shape index (κ3) is 3.05. The molecule has 0 unspecified atom stereocenters. The summed E-state index contributed by atoms with van der Waals surface area (Å²) in [6.45, 7) is 0. The van der Waals surface area contributed by atoms with Gasteiger partial charge in [0.2, 0.25) is 0 Å². The molecule has 96 valence electrons. The van der Waals surface area contributed by atoms with Crippen molar-refractivity contribution >= 4 is 15.9 Å². The number of alkyl halides is 6. The molecule has 1 nitrogen and oxygen atoms in total. The van der Waals surface area contributed by atoms with Crippen LogP contribution in [0.2, 0.25) is 0 Å². The van der Waals surface area contributed by atoms with Crippen LogP contribution in [0.1, 0.15) is 11.1 Å². The van der Waals surface area contributed by atoms with Crippen molar-refractivity contribution in [3.05, 3.63) is 27.7 Å². The molecule has 1 aromatic rings. The number of rotatable bonds is 1. The fourth-order valence-electron chi connectivity index (χ4n) is 1.18. The van der Waals surface area contributed by atoms with Crippen LogP contribution in [-0.4, -0.2) is 7.11 Å². The minimum Gasteiger partial charge on any atom is -0.496 e. The number of methoxy groups -OCH3 is 1. The fraction of sp³-hybridized carbons (Fsp3) is 0.333. The lowest BCUT2D eigenvalue weighted by molar-refractivity contribution is -0.162. The summed E-state index contributed by atoms with van der Waals surface area (Å²) in [4.78, 5) is 0. The Balaban J connectivity index is 3.54. The highest BCUT2D eigenvalue weighted by atomic mass is 79.9. The second kappa shape index (κ2) is 4.40. The Morgan fingerprint density at radius 3 is 1.71 bits per heavy atom. The van der Waals surface area contributed by atoms with E-state index in [4.69, 9.17) is 0 Å². The van der Waals surface area contributed by atoms with Crippen LogP contribution in [-0.2, 0) is 12.4 Å². The van der Waals surface area contributed by atoms with Gasteiger partial charge in [0, 0.05) is 0 Å². The van der Waals surface area contributed by atoms with Gasteiger partial charge < -0.3 is 4.74 Å². The van der Waals surface area contributed by atoms with Gasteiger partial charge in [0.25, 0.3) is 0 Å². The Kier molecular flexibility index (Phi) is 3.66. The maximum atomic E-state index is 12.5. The summed E-state index contributed by atoms with van der Waals surface area (Å²) in [5.74, 6) is -0.315. The lowest BCUT2D eigenvalue weighted by Gasteiger charge is -2.17. The first-order valence-electron chi connectivity index (χ1n) is 4.09. The second-order valence-corrected chi connectivity index (χ2v) is 3.88. The number of halogens is 7. The minimum absolute atomic E-state index is 0.194. The molecule has 0 radical (unpaired) electrons. The highest BCUT2D eigenvalue weighted by molar-refractivity contribution is 9.10. The molecule has 17 heavy (non-hydrogen) atoms. The van der Waals surface area contributed by atoms with Crippen molar-refractivity contribution in [2.45, 2.75) is 12.4 Å². The van der Waals surface area contributed by atoms with E-state index in [1.807, 2.05) is 0 Å². The molecule has 0 aliphatic carbocycles. The summed E-state index contributed by atoms with van der Waals surface area (Å²) in [7, 11) is 1.06. The van der Waals surface area contributed by atoms with Gasteiger partial charge in [-0.1, -0.05) is 0 Å². The highest BCUT2D eigenvalue weighted by Gasteiger charge is 2.43. The van der Waals surface area contributed by atoms with Gasteiger partial charge in [-0.3, -0.25) is 0 Å². The van der Waals surface area contributed by atoms with Gasteiger partial charge in [-0.05, 0) is 28.1 Å². The molecule has 0 heterocycles. The van der Waals surface area contributed by atoms with Crippen LogP contribution in [0.4, 0.5) is 26.3 Å². The van der Waals surface area contributed by atoms with Crippen LogP contribution < -0.4 is 4.74 Å². The van der Waals surface area contributed by atoms with Gasteiger partial charge in [0.15, 0.2) is 0 Å². The summed E-state index contributed by atoms with van der Waals surface area (Å²) in [6.07, 6.45) is -10.2. The molecule has 0 atom stereocenters. The van der Waals surface area contributed by atoms with E-state index in [9.17, 15) is 26.3 Å². The van der Waals surface area contributed by atoms with Crippen molar-refractivity contribution in [2.75, 3.05) is 7.11 Å². The van der Waals surface area contributed by atoms with Crippen LogP contribution in [0.3, 0.4) is 0 Å². The van der Waals surface area contributed by atoms with Gasteiger partial charge in [-0.15, -0.1) is 0 Å². The molecule has 0 saturated carbocycles. The summed E-state index contributed by atoms with van der Waals surface area (Å²) in [5, 5.41) is 0. The first-order valence-corrected chi connectivity index (χ1v) is 4.88. The molecular formula is C9H5BrF6O. The summed E-state index contributed by atoms with van der Waals surface area (Å²) < 4.78 is 79.0. The maximum Gasteiger partial charge on any atom is 0.417 e. The zero-order valence-corrected chi connectivity index (χ0v) is 9.79. The minimum atomic E-state index is -5.10. The van der Waals surface area contributed by atoms with E-state index in [2.05, 4.69) is 20.7 Å². The fourth-order valence-corrected chi connectivity index (χ4v) is 1.68. The zero-order chi connectivity index (χ0) is 13.4. The Morgan fingerprint density at radius 2 is 1.35 bits per heavy atom. The topological polar surface area (TPSA) is 9.23 Å². The summed E-state index contributed by atoms with van der Waals surface area (Å²) >= 11 is 2.71. The van der Waals surface area contributed by atoms with Crippen LogP contribution in [0.25, 0.3) is 0 Å². The maximum absolute atomic E-state index is 12.5. The van der Waals surface area contributed by atoms with E-state index in [0.717, 1.165) is 7.11 Å². The average molecular weight is 323 g/mol. The van der Waals surface area contributed by atoms with Gasteiger partial charge in [-0.2, -0.15) is 26.3 Å². The highest BCUT2D eigenvalue weighted by Crippen LogP contribution is 2.44. The van der Waals surface area contributed by atoms with E-state index < -0.39 is 23.5 Å². The molecule has 0 bridgehead atoms. The lowest BCUT2D eigenvalue weighted by Crippen LogP contribution is -2.16. The zero-order valence-electron chi connectivity index (χ0n) is 8.21. The van der Waals surface area contributed by atoms with E-state index in [0.29, 0.717) is 12.1 Å². The largest absolute Gasteiger partial charge is 0.496 e. The van der Waals surface area contributed by atoms with Crippen molar-refractivity contribution < 1.29 is 31.1 Å². The van der Waals surface area contributed by atoms with Gasteiger partial charge in [-0.25, -0.2) is 0 Å². The van der Waals surface area contributed by atoms with Crippen molar-refractivity contribution in [1.82, 2.24) is 0 Å². The normalized spacial score (nSPS) is 12.7. The Morgan fingerprint density at radius 1 is 0.941 bits per heavy atom. The molecule has 1 rings (SSSR count). The van der Waals surface area contributed by atoms with Gasteiger partial charge >= 0.3 is 12.4 Å². The molecule has 0 fully saturated rings. The summed E-state index contributed by atoms with van der Waals surface area (Å²) in [6, 6.07) is 0.661. The smallest absolute Gasteiger partial charge is 0.417 e. The molecule has 0 saturated heterocycles. The Bertz CT molecular complexity index is 423. The predicted molar refractivity (Wildman–Crippen MR) is 50.7 cm³/mol. The van der Waals surface area contributed by atoms with Crippen molar-refractivity contribution in [3.8, 4) is 5.75 Å². The predicted octanol–water partition coefficient (Wildman–Crippen LogP) is 4.50. The average Bonchev–Trinajstić information content (AvgIpc) is 2.14. The van der Waals surface area contributed by atoms with Gasteiger partial charge in [0.1, 0.15) is 5.75 Å². The molecule has 8 heteroatoms. The molecule has 0 aliphatic heterocycles. The molecule has 0 N–H and O–H groups in total. The number of hydrogen-bond donors (Lipinski definition) is 0. The van der Waals surface area contributed by atoms with Crippen LogP contribution >= 0.6 is 15.9 Å². The Labute approximate surface area is 101 Å². The third-order valence-corrected chi connectivity index (χ3v) is 2.52. The second-order valence-electron chi connectivity index (χ2n) is 3.03. The van der Waals surface area contributed by atoms with Crippen LogP contribution in [0.15, 0.2) is 16.6 Å².